The largest absolute Gasteiger partial charge is 0.340 e. The van der Waals surface area contributed by atoms with Crippen LogP contribution in [0, 0.1) is 5.82 Å². The van der Waals surface area contributed by atoms with Crippen LogP contribution in [0.5, 0.6) is 0 Å². The van der Waals surface area contributed by atoms with Gasteiger partial charge in [0.1, 0.15) is 11.9 Å². The number of hydrogen-bond acceptors (Lipinski definition) is 5. The molecule has 4 aromatic rings. The molecule has 0 fully saturated rings. The topological polar surface area (TPSA) is 122 Å². The molecule has 1 heterocycles. The Hall–Kier alpha value is -4.35. The van der Waals surface area contributed by atoms with Gasteiger partial charge in [0.2, 0.25) is 15.9 Å². The minimum Gasteiger partial charge on any atom is -0.340 e. The molecule has 9 nitrogen and oxygen atoms in total. The molecular formula is C28H28FN5O4S. The number of carbonyl (C=O) groups excluding carboxylic acids is 2. The maximum Gasteiger partial charge on any atom is 0.251 e. The van der Waals surface area contributed by atoms with E-state index in [4.69, 9.17) is 0 Å². The van der Waals surface area contributed by atoms with E-state index in [0.29, 0.717) is 12.1 Å². The lowest BCUT2D eigenvalue weighted by Gasteiger charge is -2.19. The Bertz CT molecular complexity index is 1520. The van der Waals surface area contributed by atoms with Crippen molar-refractivity contribution in [1.29, 1.82) is 0 Å². The lowest BCUT2D eigenvalue weighted by molar-refractivity contribution is -0.118. The number of halogens is 1. The molecule has 0 aliphatic heterocycles. The van der Waals surface area contributed by atoms with E-state index in [-0.39, 0.29) is 23.4 Å². The summed E-state index contributed by atoms with van der Waals surface area (Å²) in [6.07, 6.45) is 2.35. The van der Waals surface area contributed by atoms with Crippen molar-refractivity contribution in [2.75, 3.05) is 11.9 Å². The Balaban J connectivity index is 1.42. The van der Waals surface area contributed by atoms with Gasteiger partial charge in [0.05, 0.1) is 4.90 Å². The SMILES string of the molecule is Cn1nccc1CCNS(=O)(=O)c1ccc(NC(=O)[C@H](Cc2ccccc2)NC(=O)c2ccc(F)cc2)cc1. The maximum atomic E-state index is 13.3. The molecule has 2 amide bonds. The Morgan fingerprint density at radius 1 is 0.949 bits per heavy atom. The molecule has 202 valence electrons. The van der Waals surface area contributed by atoms with Gasteiger partial charge in [-0.1, -0.05) is 30.3 Å². The van der Waals surface area contributed by atoms with Crippen molar-refractivity contribution in [2.45, 2.75) is 23.8 Å². The highest BCUT2D eigenvalue weighted by molar-refractivity contribution is 7.89. The average Bonchev–Trinajstić information content (AvgIpc) is 3.33. The molecule has 39 heavy (non-hydrogen) atoms. The lowest BCUT2D eigenvalue weighted by Crippen LogP contribution is -2.45. The number of aromatic nitrogens is 2. The normalized spacial score (nSPS) is 12.1. The number of aryl methyl sites for hydroxylation is 1. The van der Waals surface area contributed by atoms with Crippen molar-refractivity contribution in [1.82, 2.24) is 19.8 Å². The van der Waals surface area contributed by atoms with Gasteiger partial charge in [-0.3, -0.25) is 14.3 Å². The van der Waals surface area contributed by atoms with Crippen LogP contribution >= 0.6 is 0 Å². The number of nitrogens with one attached hydrogen (secondary N) is 3. The molecule has 0 radical (unpaired) electrons. The Morgan fingerprint density at radius 3 is 2.28 bits per heavy atom. The van der Waals surface area contributed by atoms with Gasteiger partial charge in [0.25, 0.3) is 5.91 Å². The molecule has 0 aliphatic rings. The highest BCUT2D eigenvalue weighted by Crippen LogP contribution is 2.15. The number of anilines is 1. The van der Waals surface area contributed by atoms with Gasteiger partial charge in [-0.25, -0.2) is 17.5 Å². The first kappa shape index (κ1) is 27.7. The lowest BCUT2D eigenvalue weighted by atomic mass is 10.0. The van der Waals surface area contributed by atoms with E-state index in [1.807, 2.05) is 36.4 Å². The van der Waals surface area contributed by atoms with Crippen LogP contribution in [0.3, 0.4) is 0 Å². The molecule has 0 aliphatic carbocycles. The van der Waals surface area contributed by atoms with Crippen LogP contribution in [-0.2, 0) is 34.7 Å². The van der Waals surface area contributed by atoms with Crippen molar-refractivity contribution < 1.29 is 22.4 Å². The van der Waals surface area contributed by atoms with Crippen molar-refractivity contribution in [3.8, 4) is 0 Å². The standard InChI is InChI=1S/C28H28FN5O4S/c1-34-24(15-17-30-34)16-18-31-39(37,38)25-13-11-23(12-14-25)32-28(36)26(19-20-5-3-2-4-6-20)33-27(35)21-7-9-22(29)10-8-21/h2-15,17,26,31H,16,18-19H2,1H3,(H,32,36)(H,33,35)/t26-/m0/s1. The summed E-state index contributed by atoms with van der Waals surface area (Å²) < 4.78 is 42.9. The summed E-state index contributed by atoms with van der Waals surface area (Å²) in [5.74, 6) is -1.48. The van der Waals surface area contributed by atoms with Gasteiger partial charge in [0, 0.05) is 49.6 Å². The van der Waals surface area contributed by atoms with Gasteiger partial charge >= 0.3 is 0 Å². The molecule has 4 rings (SSSR count). The second-order valence-electron chi connectivity index (χ2n) is 8.83. The molecule has 0 spiro atoms. The third-order valence-corrected chi connectivity index (χ3v) is 7.52. The summed E-state index contributed by atoms with van der Waals surface area (Å²) in [7, 11) is -1.97. The van der Waals surface area contributed by atoms with Crippen LogP contribution in [-0.4, -0.2) is 42.6 Å². The zero-order valence-electron chi connectivity index (χ0n) is 21.2. The van der Waals surface area contributed by atoms with E-state index >= 15 is 0 Å². The van der Waals surface area contributed by atoms with E-state index in [1.165, 1.54) is 48.5 Å². The molecule has 1 aromatic heterocycles. The van der Waals surface area contributed by atoms with Gasteiger partial charge in [-0.15, -0.1) is 0 Å². The predicted octanol–water partition coefficient (Wildman–Crippen LogP) is 3.06. The smallest absolute Gasteiger partial charge is 0.251 e. The van der Waals surface area contributed by atoms with E-state index in [9.17, 15) is 22.4 Å². The minimum absolute atomic E-state index is 0.0518. The van der Waals surface area contributed by atoms with Crippen LogP contribution in [0.2, 0.25) is 0 Å². The highest BCUT2D eigenvalue weighted by Gasteiger charge is 2.23. The number of benzene rings is 3. The Kier molecular flexibility index (Phi) is 8.84. The van der Waals surface area contributed by atoms with E-state index in [0.717, 1.165) is 11.3 Å². The molecule has 3 aromatic carbocycles. The second-order valence-corrected chi connectivity index (χ2v) is 10.6. The molecule has 0 saturated heterocycles. The molecule has 0 saturated carbocycles. The van der Waals surface area contributed by atoms with E-state index in [1.54, 1.807) is 17.9 Å². The number of rotatable bonds is 11. The summed E-state index contributed by atoms with van der Waals surface area (Å²) in [5, 5.41) is 9.51. The Morgan fingerprint density at radius 2 is 1.64 bits per heavy atom. The minimum atomic E-state index is -3.75. The quantitative estimate of drug-likeness (QED) is 0.266. The van der Waals surface area contributed by atoms with Crippen molar-refractivity contribution in [3.63, 3.8) is 0 Å². The fourth-order valence-corrected chi connectivity index (χ4v) is 4.92. The predicted molar refractivity (Wildman–Crippen MR) is 145 cm³/mol. The van der Waals surface area contributed by atoms with Crippen LogP contribution in [0.15, 0.2) is 96.0 Å². The summed E-state index contributed by atoms with van der Waals surface area (Å²) in [4.78, 5) is 26.0. The van der Waals surface area contributed by atoms with Crippen LogP contribution in [0.1, 0.15) is 21.6 Å². The number of carbonyl (C=O) groups is 2. The van der Waals surface area contributed by atoms with Gasteiger partial charge < -0.3 is 10.6 Å². The fraction of sp³-hybridized carbons (Fsp3) is 0.179. The number of amides is 2. The average molecular weight is 550 g/mol. The van der Waals surface area contributed by atoms with Crippen molar-refractivity contribution >= 4 is 27.5 Å². The van der Waals surface area contributed by atoms with E-state index < -0.39 is 33.7 Å². The zero-order valence-corrected chi connectivity index (χ0v) is 22.0. The van der Waals surface area contributed by atoms with Crippen LogP contribution in [0.4, 0.5) is 10.1 Å². The first-order chi connectivity index (χ1) is 18.7. The Labute approximate surface area is 226 Å². The molecule has 3 N–H and O–H groups in total. The summed E-state index contributed by atoms with van der Waals surface area (Å²) in [5.41, 5.74) is 2.30. The summed E-state index contributed by atoms with van der Waals surface area (Å²) in [6.45, 7) is 0.204. The van der Waals surface area contributed by atoms with Crippen molar-refractivity contribution in [3.05, 3.63) is 114 Å². The number of nitrogens with zero attached hydrogens (tertiary/aromatic N) is 2. The van der Waals surface area contributed by atoms with Crippen LogP contribution < -0.4 is 15.4 Å². The first-order valence-corrected chi connectivity index (χ1v) is 13.7. The molecule has 0 bridgehead atoms. The van der Waals surface area contributed by atoms with Gasteiger partial charge in [-0.2, -0.15) is 5.10 Å². The number of hydrogen-bond donors (Lipinski definition) is 3. The molecule has 0 unspecified atom stereocenters. The third kappa shape index (κ3) is 7.59. The fourth-order valence-electron chi connectivity index (χ4n) is 3.89. The zero-order chi connectivity index (χ0) is 27.8. The maximum absolute atomic E-state index is 13.3. The summed E-state index contributed by atoms with van der Waals surface area (Å²) >= 11 is 0. The number of sulfonamides is 1. The highest BCUT2D eigenvalue weighted by atomic mass is 32.2. The van der Waals surface area contributed by atoms with E-state index in [2.05, 4.69) is 20.5 Å². The van der Waals surface area contributed by atoms with Crippen molar-refractivity contribution in [2.24, 2.45) is 7.05 Å². The third-order valence-electron chi connectivity index (χ3n) is 6.04. The first-order valence-electron chi connectivity index (χ1n) is 12.2. The molecule has 1 atom stereocenters. The summed E-state index contributed by atoms with van der Waals surface area (Å²) in [6, 6.07) is 20.8. The van der Waals surface area contributed by atoms with Crippen LogP contribution in [0.25, 0.3) is 0 Å². The van der Waals surface area contributed by atoms with Gasteiger partial charge in [0.15, 0.2) is 0 Å². The van der Waals surface area contributed by atoms with Gasteiger partial charge in [-0.05, 0) is 60.2 Å². The molecular weight excluding hydrogens is 521 g/mol. The monoisotopic (exact) mass is 549 g/mol. The second kappa shape index (κ2) is 12.5. The molecule has 11 heteroatoms.